The number of fused-ring (bicyclic) bond motifs is 1. The molecule has 1 amide bonds. The van der Waals surface area contributed by atoms with Crippen molar-refractivity contribution in [2.45, 2.75) is 20.4 Å². The molecule has 3 rings (SSSR count). The Morgan fingerprint density at radius 1 is 1.29 bits per heavy atom. The molecule has 0 atom stereocenters. The van der Waals surface area contributed by atoms with E-state index in [1.807, 2.05) is 31.2 Å². The molecule has 0 saturated carbocycles. The lowest BCUT2D eigenvalue weighted by Crippen LogP contribution is -2.26. The predicted molar refractivity (Wildman–Crippen MR) is 90.1 cm³/mol. The third-order valence-corrected chi connectivity index (χ3v) is 3.92. The van der Waals surface area contributed by atoms with Crippen LogP contribution in [0.4, 0.5) is 0 Å². The second kappa shape index (κ2) is 6.31. The van der Waals surface area contributed by atoms with Gasteiger partial charge in [-0.05, 0) is 26.0 Å². The van der Waals surface area contributed by atoms with Crippen molar-refractivity contribution in [3.63, 3.8) is 0 Å². The van der Waals surface area contributed by atoms with Crippen molar-refractivity contribution < 1.29 is 14.1 Å². The minimum atomic E-state index is -0.109. The van der Waals surface area contributed by atoms with Crippen LogP contribution >= 0.6 is 0 Å². The SMILES string of the molecule is COc1ccccc1CN(C)C(=O)c1cc(C)nc2onc(C)c12. The summed E-state index contributed by atoms with van der Waals surface area (Å²) < 4.78 is 10.6. The standard InChI is InChI=1S/C18H19N3O3/c1-11-9-14(16-12(2)20-24-17(16)19-11)18(22)21(3)10-13-7-5-6-8-15(13)23-4/h5-9H,10H2,1-4H3. The Balaban J connectivity index is 1.95. The van der Waals surface area contributed by atoms with Crippen molar-refractivity contribution in [2.24, 2.45) is 0 Å². The molecule has 0 aliphatic rings. The van der Waals surface area contributed by atoms with Gasteiger partial charge in [0.05, 0.1) is 23.8 Å². The highest BCUT2D eigenvalue weighted by molar-refractivity contribution is 6.05. The lowest BCUT2D eigenvalue weighted by Gasteiger charge is -2.19. The van der Waals surface area contributed by atoms with E-state index in [0.717, 1.165) is 11.3 Å². The van der Waals surface area contributed by atoms with E-state index < -0.39 is 0 Å². The molecule has 6 heteroatoms. The zero-order valence-corrected chi connectivity index (χ0v) is 14.2. The number of ether oxygens (including phenoxy) is 1. The molecule has 124 valence electrons. The van der Waals surface area contributed by atoms with Crippen molar-refractivity contribution in [2.75, 3.05) is 14.2 Å². The zero-order chi connectivity index (χ0) is 17.3. The third-order valence-electron chi connectivity index (χ3n) is 3.92. The topological polar surface area (TPSA) is 68.5 Å². The van der Waals surface area contributed by atoms with Crippen LogP contribution in [-0.4, -0.2) is 35.1 Å². The van der Waals surface area contributed by atoms with Crippen LogP contribution in [0.3, 0.4) is 0 Å². The first-order valence-electron chi connectivity index (χ1n) is 7.62. The highest BCUT2D eigenvalue weighted by Gasteiger charge is 2.21. The van der Waals surface area contributed by atoms with E-state index in [2.05, 4.69) is 10.1 Å². The number of hydrogen-bond acceptors (Lipinski definition) is 5. The maximum absolute atomic E-state index is 13.0. The summed E-state index contributed by atoms with van der Waals surface area (Å²) >= 11 is 0. The minimum absolute atomic E-state index is 0.109. The Hall–Kier alpha value is -2.89. The van der Waals surface area contributed by atoms with E-state index in [-0.39, 0.29) is 5.91 Å². The maximum Gasteiger partial charge on any atom is 0.258 e. The molecule has 0 fully saturated rings. The van der Waals surface area contributed by atoms with Crippen LogP contribution in [0.1, 0.15) is 27.3 Å². The van der Waals surface area contributed by atoms with Crippen LogP contribution in [-0.2, 0) is 6.54 Å². The van der Waals surface area contributed by atoms with Gasteiger partial charge in [0.15, 0.2) is 0 Å². The van der Waals surface area contributed by atoms with E-state index in [1.54, 1.807) is 32.0 Å². The summed E-state index contributed by atoms with van der Waals surface area (Å²) in [6.45, 7) is 4.07. The summed E-state index contributed by atoms with van der Waals surface area (Å²) in [4.78, 5) is 18.9. The fourth-order valence-corrected chi connectivity index (χ4v) is 2.75. The van der Waals surface area contributed by atoms with Crippen molar-refractivity contribution >= 4 is 17.0 Å². The van der Waals surface area contributed by atoms with Gasteiger partial charge >= 0.3 is 0 Å². The van der Waals surface area contributed by atoms with Gasteiger partial charge < -0.3 is 14.2 Å². The molecule has 1 aromatic carbocycles. The van der Waals surface area contributed by atoms with Crippen LogP contribution in [0.5, 0.6) is 5.75 Å². The number of methoxy groups -OCH3 is 1. The Morgan fingerprint density at radius 2 is 2.04 bits per heavy atom. The van der Waals surface area contributed by atoms with Gasteiger partial charge in [0.1, 0.15) is 5.75 Å². The predicted octanol–water partition coefficient (Wildman–Crippen LogP) is 3.12. The van der Waals surface area contributed by atoms with Gasteiger partial charge in [-0.25, -0.2) is 4.98 Å². The molecule has 24 heavy (non-hydrogen) atoms. The van der Waals surface area contributed by atoms with Gasteiger partial charge in [-0.1, -0.05) is 23.4 Å². The number of hydrogen-bond donors (Lipinski definition) is 0. The van der Waals surface area contributed by atoms with Crippen LogP contribution in [0.2, 0.25) is 0 Å². The first-order chi connectivity index (χ1) is 11.5. The summed E-state index contributed by atoms with van der Waals surface area (Å²) in [5, 5.41) is 4.59. The van der Waals surface area contributed by atoms with Gasteiger partial charge in [0.2, 0.25) is 0 Å². The first-order valence-corrected chi connectivity index (χ1v) is 7.62. The van der Waals surface area contributed by atoms with Crippen LogP contribution < -0.4 is 4.74 Å². The molecule has 2 aromatic heterocycles. The molecule has 0 radical (unpaired) electrons. The number of benzene rings is 1. The van der Waals surface area contributed by atoms with Crippen LogP contribution in [0, 0.1) is 13.8 Å². The molecule has 0 aliphatic heterocycles. The van der Waals surface area contributed by atoms with Crippen molar-refractivity contribution in [3.05, 3.63) is 52.8 Å². The van der Waals surface area contributed by atoms with E-state index in [0.29, 0.717) is 34.6 Å². The minimum Gasteiger partial charge on any atom is -0.496 e. The number of aryl methyl sites for hydroxylation is 2. The molecule has 0 saturated heterocycles. The quantitative estimate of drug-likeness (QED) is 0.737. The Morgan fingerprint density at radius 3 is 2.79 bits per heavy atom. The van der Waals surface area contributed by atoms with Gasteiger partial charge in [-0.15, -0.1) is 0 Å². The molecule has 0 bridgehead atoms. The lowest BCUT2D eigenvalue weighted by molar-refractivity contribution is 0.0786. The van der Waals surface area contributed by atoms with Crippen molar-refractivity contribution in [1.82, 2.24) is 15.0 Å². The van der Waals surface area contributed by atoms with Crippen molar-refractivity contribution in [3.8, 4) is 5.75 Å². The number of aromatic nitrogens is 2. The summed E-state index contributed by atoms with van der Waals surface area (Å²) in [7, 11) is 3.39. The molecule has 3 aromatic rings. The largest absolute Gasteiger partial charge is 0.496 e. The van der Waals surface area contributed by atoms with E-state index in [1.165, 1.54) is 0 Å². The van der Waals surface area contributed by atoms with Gasteiger partial charge in [-0.3, -0.25) is 4.79 Å². The van der Waals surface area contributed by atoms with Crippen LogP contribution in [0.15, 0.2) is 34.9 Å². The summed E-state index contributed by atoms with van der Waals surface area (Å²) in [6, 6.07) is 9.43. The number of rotatable bonds is 4. The maximum atomic E-state index is 13.0. The highest BCUT2D eigenvalue weighted by Crippen LogP contribution is 2.24. The Labute approximate surface area is 140 Å². The monoisotopic (exact) mass is 325 g/mol. The van der Waals surface area contributed by atoms with E-state index in [4.69, 9.17) is 9.26 Å². The molecule has 0 aliphatic carbocycles. The van der Waals surface area contributed by atoms with Gasteiger partial charge in [0.25, 0.3) is 11.6 Å². The molecule has 6 nitrogen and oxygen atoms in total. The number of para-hydroxylation sites is 1. The van der Waals surface area contributed by atoms with E-state index in [9.17, 15) is 4.79 Å². The van der Waals surface area contributed by atoms with Gasteiger partial charge in [-0.2, -0.15) is 0 Å². The Bertz CT molecular complexity index is 902. The second-order valence-electron chi connectivity index (χ2n) is 5.73. The molecular weight excluding hydrogens is 306 g/mol. The number of nitrogens with zero attached hydrogens (tertiary/aromatic N) is 3. The fraction of sp³-hybridized carbons (Fsp3) is 0.278. The number of carbonyl (C=O) groups excluding carboxylic acids is 1. The normalized spacial score (nSPS) is 10.8. The third kappa shape index (κ3) is 2.82. The van der Waals surface area contributed by atoms with Gasteiger partial charge in [0, 0.05) is 24.8 Å². The summed E-state index contributed by atoms with van der Waals surface area (Å²) in [5.41, 5.74) is 3.26. The van der Waals surface area contributed by atoms with Crippen molar-refractivity contribution in [1.29, 1.82) is 0 Å². The summed E-state index contributed by atoms with van der Waals surface area (Å²) in [6.07, 6.45) is 0. The smallest absolute Gasteiger partial charge is 0.258 e. The molecule has 0 unspecified atom stereocenters. The number of amides is 1. The fourth-order valence-electron chi connectivity index (χ4n) is 2.75. The average molecular weight is 325 g/mol. The average Bonchev–Trinajstić information content (AvgIpc) is 2.94. The molecule has 2 heterocycles. The number of carbonyl (C=O) groups is 1. The molecular formula is C18H19N3O3. The van der Waals surface area contributed by atoms with E-state index >= 15 is 0 Å². The Kier molecular flexibility index (Phi) is 4.20. The second-order valence-corrected chi connectivity index (χ2v) is 5.73. The zero-order valence-electron chi connectivity index (χ0n) is 14.2. The first kappa shape index (κ1) is 16.0. The molecule has 0 N–H and O–H groups in total. The lowest BCUT2D eigenvalue weighted by atomic mass is 10.1. The number of pyridine rings is 1. The summed E-state index contributed by atoms with van der Waals surface area (Å²) in [5.74, 6) is 0.650. The van der Waals surface area contributed by atoms with Crippen LogP contribution in [0.25, 0.3) is 11.1 Å². The molecule has 0 spiro atoms. The highest BCUT2D eigenvalue weighted by atomic mass is 16.5.